The van der Waals surface area contributed by atoms with Gasteiger partial charge in [-0.05, 0) is 38.5 Å². The number of carbonyl (C=O) groups is 2. The van der Waals surface area contributed by atoms with Crippen LogP contribution in [0.3, 0.4) is 0 Å². The summed E-state index contributed by atoms with van der Waals surface area (Å²) in [6.45, 7) is 3.71. The van der Waals surface area contributed by atoms with Gasteiger partial charge in [-0.25, -0.2) is 4.57 Å². The Balaban J connectivity index is 3.79. The van der Waals surface area contributed by atoms with Gasteiger partial charge < -0.3 is 19.3 Å². The maximum absolute atomic E-state index is 12.4. The maximum Gasteiger partial charge on any atom is 0.469 e. The highest BCUT2D eigenvalue weighted by molar-refractivity contribution is 7.46. The van der Waals surface area contributed by atoms with Crippen LogP contribution in [0, 0.1) is 0 Å². The second kappa shape index (κ2) is 43.4. The number of allylic oxidation sites excluding steroid dienone is 2. The fourth-order valence-corrected chi connectivity index (χ4v) is 7.55. The van der Waals surface area contributed by atoms with Crippen LogP contribution in [0.15, 0.2) is 12.2 Å². The summed E-state index contributed by atoms with van der Waals surface area (Å²) >= 11 is 0. The van der Waals surface area contributed by atoms with Crippen molar-refractivity contribution in [3.63, 3.8) is 0 Å². The molecule has 0 fully saturated rings. The van der Waals surface area contributed by atoms with E-state index in [0.717, 1.165) is 38.5 Å². The molecule has 56 heavy (non-hydrogen) atoms. The molecule has 0 bridgehead atoms. The van der Waals surface area contributed by atoms with Crippen molar-refractivity contribution in [2.45, 2.75) is 264 Å². The molecular weight excluding hydrogens is 723 g/mol. The van der Waals surface area contributed by atoms with Crippen LogP contribution < -0.4 is 0 Å². The fourth-order valence-electron chi connectivity index (χ4n) is 7.19. The van der Waals surface area contributed by atoms with Crippen molar-refractivity contribution < 1.29 is 37.9 Å². The second-order valence-electron chi connectivity index (χ2n) is 16.4. The molecule has 0 aromatic rings. The van der Waals surface area contributed by atoms with E-state index < -0.39 is 32.5 Å². The first kappa shape index (κ1) is 54.8. The van der Waals surface area contributed by atoms with Crippen LogP contribution in [0.2, 0.25) is 0 Å². The molecule has 0 saturated heterocycles. The molecule has 0 aromatic heterocycles. The van der Waals surface area contributed by atoms with Gasteiger partial charge in [-0.2, -0.15) is 0 Å². The number of phosphoric acid groups is 1. The van der Waals surface area contributed by atoms with Gasteiger partial charge in [0, 0.05) is 12.8 Å². The third-order valence-corrected chi connectivity index (χ3v) is 11.3. The lowest BCUT2D eigenvalue weighted by atomic mass is 10.0. The number of carbonyl (C=O) groups excluding carboxylic acids is 2. The molecule has 0 radical (unpaired) electrons. The van der Waals surface area contributed by atoms with Crippen LogP contribution in [0.1, 0.15) is 258 Å². The summed E-state index contributed by atoms with van der Waals surface area (Å²) in [7, 11) is -4.76. The summed E-state index contributed by atoms with van der Waals surface area (Å²) in [4.78, 5) is 42.9. The Morgan fingerprint density at radius 1 is 0.446 bits per heavy atom. The Bertz CT molecular complexity index is 920. The highest BCUT2D eigenvalue weighted by atomic mass is 31.2. The van der Waals surface area contributed by atoms with E-state index in [9.17, 15) is 14.2 Å². The van der Waals surface area contributed by atoms with Crippen LogP contribution in [0.25, 0.3) is 0 Å². The summed E-state index contributed by atoms with van der Waals surface area (Å²) in [6.07, 6.45) is 49.5. The molecule has 0 heterocycles. The smallest absolute Gasteiger partial charge is 0.462 e. The molecule has 0 aliphatic heterocycles. The zero-order valence-corrected chi connectivity index (χ0v) is 37.7. The molecule has 1 atom stereocenters. The Kier molecular flexibility index (Phi) is 42.4. The predicted molar refractivity (Wildman–Crippen MR) is 235 cm³/mol. The molecule has 0 saturated carbocycles. The Labute approximate surface area is 346 Å². The largest absolute Gasteiger partial charge is 0.469 e. The molecule has 0 rings (SSSR count). The summed E-state index contributed by atoms with van der Waals surface area (Å²) in [5, 5.41) is 0. The monoisotopic (exact) mass is 815 g/mol. The zero-order chi connectivity index (χ0) is 41.1. The van der Waals surface area contributed by atoms with Crippen molar-refractivity contribution >= 4 is 19.8 Å². The Hall–Kier alpha value is -1.21. The van der Waals surface area contributed by atoms with Crippen molar-refractivity contribution in [1.82, 2.24) is 0 Å². The summed E-state index contributed by atoms with van der Waals surface area (Å²) in [6, 6.07) is 0. The number of hydrogen-bond donors (Lipinski definition) is 2. The van der Waals surface area contributed by atoms with Gasteiger partial charge in [-0.15, -0.1) is 0 Å². The number of unbranched alkanes of at least 4 members (excludes halogenated alkanes) is 33. The molecular formula is C47H91O8P. The summed E-state index contributed by atoms with van der Waals surface area (Å²) in [5.74, 6) is -0.895. The Morgan fingerprint density at radius 3 is 1.12 bits per heavy atom. The molecule has 9 heteroatoms. The molecule has 0 aromatic carbocycles. The van der Waals surface area contributed by atoms with Gasteiger partial charge in [0.15, 0.2) is 6.10 Å². The van der Waals surface area contributed by atoms with Crippen molar-refractivity contribution in [2.75, 3.05) is 13.2 Å². The van der Waals surface area contributed by atoms with Crippen molar-refractivity contribution in [1.29, 1.82) is 0 Å². The third kappa shape index (κ3) is 45.5. The number of esters is 2. The lowest BCUT2D eigenvalue weighted by molar-refractivity contribution is -0.161. The minimum atomic E-state index is -4.76. The minimum Gasteiger partial charge on any atom is -0.462 e. The maximum atomic E-state index is 12.4. The zero-order valence-electron chi connectivity index (χ0n) is 36.8. The second-order valence-corrected chi connectivity index (χ2v) is 17.7. The van der Waals surface area contributed by atoms with Gasteiger partial charge in [0.05, 0.1) is 6.61 Å². The summed E-state index contributed by atoms with van der Waals surface area (Å²) < 4.78 is 26.4. The van der Waals surface area contributed by atoms with E-state index in [2.05, 4.69) is 30.5 Å². The number of ether oxygens (including phenoxy) is 2. The first-order chi connectivity index (χ1) is 27.3. The first-order valence-corrected chi connectivity index (χ1v) is 25.5. The minimum absolute atomic E-state index is 0.186. The number of rotatable bonds is 45. The molecule has 0 spiro atoms. The number of phosphoric ester groups is 1. The lowest BCUT2D eigenvalue weighted by Gasteiger charge is -2.18. The van der Waals surface area contributed by atoms with E-state index in [4.69, 9.17) is 19.3 Å². The van der Waals surface area contributed by atoms with E-state index in [1.807, 2.05) is 0 Å². The molecule has 0 aliphatic rings. The fraction of sp³-hybridized carbons (Fsp3) is 0.915. The van der Waals surface area contributed by atoms with Crippen molar-refractivity contribution in [2.24, 2.45) is 0 Å². The van der Waals surface area contributed by atoms with E-state index in [1.54, 1.807) is 0 Å². The molecule has 0 unspecified atom stereocenters. The van der Waals surface area contributed by atoms with Gasteiger partial charge in [0.25, 0.3) is 0 Å². The van der Waals surface area contributed by atoms with Gasteiger partial charge >= 0.3 is 19.8 Å². The third-order valence-electron chi connectivity index (χ3n) is 10.8. The van der Waals surface area contributed by atoms with Crippen LogP contribution in [-0.2, 0) is 28.2 Å². The molecule has 8 nitrogen and oxygen atoms in total. The Morgan fingerprint density at radius 2 is 0.750 bits per heavy atom. The standard InChI is InChI=1S/C47H91O8P/c1-3-5-7-9-11-13-15-17-19-20-21-22-23-24-25-26-28-29-31-33-35-37-39-41-46(48)53-43-45(44-54-56(50,51)52)55-47(49)42-40-38-36-34-32-30-27-18-16-14-12-10-8-6-4-2/h32,34,45H,3-31,33,35-44H2,1-2H3,(H2,50,51,52)/b34-32+/t45-/m1/s1. The molecule has 0 aliphatic carbocycles. The van der Waals surface area contributed by atoms with E-state index in [-0.39, 0.29) is 19.4 Å². The van der Waals surface area contributed by atoms with E-state index in [0.29, 0.717) is 6.42 Å². The van der Waals surface area contributed by atoms with Crippen LogP contribution in [-0.4, -0.2) is 41.0 Å². The molecule has 2 N–H and O–H groups in total. The van der Waals surface area contributed by atoms with Crippen LogP contribution in [0.4, 0.5) is 0 Å². The molecule has 332 valence electrons. The quantitative estimate of drug-likeness (QED) is 0.0270. The van der Waals surface area contributed by atoms with E-state index >= 15 is 0 Å². The van der Waals surface area contributed by atoms with E-state index in [1.165, 1.54) is 186 Å². The van der Waals surface area contributed by atoms with Crippen molar-refractivity contribution in [3.05, 3.63) is 12.2 Å². The molecule has 0 amide bonds. The normalized spacial score (nSPS) is 12.4. The van der Waals surface area contributed by atoms with Gasteiger partial charge in [0.2, 0.25) is 0 Å². The average molecular weight is 815 g/mol. The van der Waals surface area contributed by atoms with Gasteiger partial charge in [0.1, 0.15) is 6.61 Å². The highest BCUT2D eigenvalue weighted by Crippen LogP contribution is 2.36. The first-order valence-electron chi connectivity index (χ1n) is 24.0. The predicted octanol–water partition coefficient (Wildman–Crippen LogP) is 15.0. The highest BCUT2D eigenvalue weighted by Gasteiger charge is 2.23. The van der Waals surface area contributed by atoms with Crippen LogP contribution >= 0.6 is 7.82 Å². The number of hydrogen-bond acceptors (Lipinski definition) is 6. The topological polar surface area (TPSA) is 119 Å². The van der Waals surface area contributed by atoms with Crippen LogP contribution in [0.5, 0.6) is 0 Å². The SMILES string of the molecule is CCCCCCCCCCC/C=C/CCCCC(=O)O[C@H](COC(=O)CCCCCCCCCCCCCCCCCCCCCCCCC)COP(=O)(O)O. The van der Waals surface area contributed by atoms with Gasteiger partial charge in [-0.1, -0.05) is 219 Å². The lowest BCUT2D eigenvalue weighted by Crippen LogP contribution is -2.29. The average Bonchev–Trinajstić information content (AvgIpc) is 3.17. The van der Waals surface area contributed by atoms with Crippen molar-refractivity contribution in [3.8, 4) is 0 Å². The van der Waals surface area contributed by atoms with Gasteiger partial charge in [-0.3, -0.25) is 14.1 Å². The summed E-state index contributed by atoms with van der Waals surface area (Å²) in [5.41, 5.74) is 0.